The molecule has 0 atom stereocenters. The van der Waals surface area contributed by atoms with Crippen molar-refractivity contribution in [2.24, 2.45) is 7.05 Å². The fourth-order valence-electron chi connectivity index (χ4n) is 2.16. The number of imidazole rings is 2. The normalized spacial score (nSPS) is 10.5. The lowest BCUT2D eigenvalue weighted by Gasteiger charge is -1.90. The molecule has 0 aliphatic rings. The second kappa shape index (κ2) is 5.17. The van der Waals surface area contributed by atoms with E-state index in [0.717, 1.165) is 22.4 Å². The predicted octanol–water partition coefficient (Wildman–Crippen LogP) is 3.44. The average Bonchev–Trinajstić information content (AvgIpc) is 3.02. The van der Waals surface area contributed by atoms with E-state index in [1.165, 1.54) is 5.52 Å². The molecule has 0 spiro atoms. The van der Waals surface area contributed by atoms with Crippen molar-refractivity contribution in [3.63, 3.8) is 0 Å². The summed E-state index contributed by atoms with van der Waals surface area (Å²) in [4.78, 5) is 11.6. The highest BCUT2D eigenvalue weighted by Gasteiger charge is 1.94. The van der Waals surface area contributed by atoms with Gasteiger partial charge in [-0.1, -0.05) is 24.3 Å². The number of para-hydroxylation sites is 4. The van der Waals surface area contributed by atoms with Crippen molar-refractivity contribution >= 4 is 22.1 Å². The van der Waals surface area contributed by atoms with Crippen LogP contribution >= 0.6 is 0 Å². The molecule has 2 heterocycles. The van der Waals surface area contributed by atoms with Crippen molar-refractivity contribution in [3.8, 4) is 0 Å². The lowest BCUT2D eigenvalue weighted by atomic mass is 10.3. The maximum absolute atomic E-state index is 4.26. The summed E-state index contributed by atoms with van der Waals surface area (Å²) in [6.07, 6.45) is 1.82. The van der Waals surface area contributed by atoms with Gasteiger partial charge < -0.3 is 9.55 Å². The minimum Gasteiger partial charge on any atom is -0.342 e. The van der Waals surface area contributed by atoms with E-state index in [1.807, 2.05) is 67.3 Å². The Morgan fingerprint density at radius 1 is 0.950 bits per heavy atom. The third-order valence-corrected chi connectivity index (χ3v) is 3.14. The lowest BCUT2D eigenvalue weighted by molar-refractivity contribution is 0.948. The van der Waals surface area contributed by atoms with Gasteiger partial charge in [0.15, 0.2) is 0 Å². The number of fused-ring (bicyclic) bond motifs is 2. The molecule has 0 aliphatic carbocycles. The Bertz CT molecular complexity index is 800. The molecule has 0 fully saturated rings. The third-order valence-electron chi connectivity index (χ3n) is 3.14. The van der Waals surface area contributed by atoms with Gasteiger partial charge in [0.2, 0.25) is 0 Å². The molecule has 4 heteroatoms. The molecule has 0 unspecified atom stereocenters. The standard InChI is InChI=1S/2C8H8N2/c1-10-6-9-7-4-2-3-5-8(7)10;1-6-9-7-4-2-3-5-8(7)10-6/h2-6H,1H3;2-5H,1H3,(H,9,10). The molecular weight excluding hydrogens is 248 g/mol. The smallest absolute Gasteiger partial charge is 0.104 e. The summed E-state index contributed by atoms with van der Waals surface area (Å²) in [5, 5.41) is 0. The Morgan fingerprint density at radius 2 is 1.65 bits per heavy atom. The third kappa shape index (κ3) is 2.40. The number of aromatic nitrogens is 4. The predicted molar refractivity (Wildman–Crippen MR) is 81.5 cm³/mol. The van der Waals surface area contributed by atoms with Crippen LogP contribution in [0.3, 0.4) is 0 Å². The molecule has 1 N–H and O–H groups in total. The molecule has 4 nitrogen and oxygen atoms in total. The van der Waals surface area contributed by atoms with E-state index < -0.39 is 0 Å². The van der Waals surface area contributed by atoms with E-state index in [4.69, 9.17) is 0 Å². The van der Waals surface area contributed by atoms with Gasteiger partial charge in [0.05, 0.1) is 28.4 Å². The number of aryl methyl sites for hydroxylation is 2. The molecule has 0 aliphatic heterocycles. The molecule has 2 aromatic heterocycles. The van der Waals surface area contributed by atoms with E-state index in [-0.39, 0.29) is 0 Å². The zero-order valence-corrected chi connectivity index (χ0v) is 11.5. The Kier molecular flexibility index (Phi) is 3.21. The minimum atomic E-state index is 0.973. The zero-order chi connectivity index (χ0) is 13.9. The van der Waals surface area contributed by atoms with Crippen LogP contribution in [-0.4, -0.2) is 19.5 Å². The topological polar surface area (TPSA) is 46.5 Å². The van der Waals surface area contributed by atoms with Crippen molar-refractivity contribution in [1.82, 2.24) is 19.5 Å². The van der Waals surface area contributed by atoms with E-state index in [9.17, 15) is 0 Å². The number of benzene rings is 2. The summed E-state index contributed by atoms with van der Waals surface area (Å²) >= 11 is 0. The summed E-state index contributed by atoms with van der Waals surface area (Å²) in [5.41, 5.74) is 4.40. The quantitative estimate of drug-likeness (QED) is 0.529. The second-order valence-corrected chi connectivity index (χ2v) is 4.68. The van der Waals surface area contributed by atoms with E-state index in [1.54, 1.807) is 0 Å². The fraction of sp³-hybridized carbons (Fsp3) is 0.125. The SMILES string of the molecule is Cc1nc2ccccc2[nH]1.Cn1cnc2ccccc21. The molecule has 4 rings (SSSR count). The first-order chi connectivity index (χ1) is 9.74. The van der Waals surface area contributed by atoms with Gasteiger partial charge in [-0.05, 0) is 31.2 Å². The number of hydrogen-bond acceptors (Lipinski definition) is 2. The van der Waals surface area contributed by atoms with E-state index in [2.05, 4.69) is 21.0 Å². The van der Waals surface area contributed by atoms with Crippen LogP contribution in [0, 0.1) is 6.92 Å². The molecule has 20 heavy (non-hydrogen) atoms. The molecule has 0 bridgehead atoms. The Hall–Kier alpha value is -2.62. The molecular formula is C16H16N4. The van der Waals surface area contributed by atoms with Crippen molar-refractivity contribution in [3.05, 3.63) is 60.7 Å². The summed E-state index contributed by atoms with van der Waals surface area (Å²) in [7, 11) is 2.00. The van der Waals surface area contributed by atoms with Crippen LogP contribution in [-0.2, 0) is 7.05 Å². The zero-order valence-electron chi connectivity index (χ0n) is 11.5. The van der Waals surface area contributed by atoms with Gasteiger partial charge in [-0.2, -0.15) is 0 Å². The Balaban J connectivity index is 0.000000121. The molecule has 2 aromatic carbocycles. The highest BCUT2D eigenvalue weighted by molar-refractivity contribution is 5.75. The number of H-pyrrole nitrogens is 1. The van der Waals surface area contributed by atoms with Gasteiger partial charge in [-0.15, -0.1) is 0 Å². The van der Waals surface area contributed by atoms with Gasteiger partial charge in [0.25, 0.3) is 0 Å². The number of rotatable bonds is 0. The van der Waals surface area contributed by atoms with Crippen LogP contribution in [0.5, 0.6) is 0 Å². The Labute approximate surface area is 117 Å². The van der Waals surface area contributed by atoms with Gasteiger partial charge in [-0.25, -0.2) is 9.97 Å². The van der Waals surface area contributed by atoms with Crippen molar-refractivity contribution < 1.29 is 0 Å². The van der Waals surface area contributed by atoms with Crippen LogP contribution in [0.4, 0.5) is 0 Å². The van der Waals surface area contributed by atoms with Gasteiger partial charge in [0, 0.05) is 7.05 Å². The van der Waals surface area contributed by atoms with Crippen LogP contribution in [0.1, 0.15) is 5.82 Å². The molecule has 0 radical (unpaired) electrons. The van der Waals surface area contributed by atoms with Crippen LogP contribution in [0.2, 0.25) is 0 Å². The summed E-state index contributed by atoms with van der Waals surface area (Å²) in [6, 6.07) is 16.1. The van der Waals surface area contributed by atoms with Crippen LogP contribution in [0.15, 0.2) is 54.9 Å². The monoisotopic (exact) mass is 264 g/mol. The number of aromatic amines is 1. The first-order valence-corrected chi connectivity index (χ1v) is 6.51. The van der Waals surface area contributed by atoms with Gasteiger partial charge in [-0.3, -0.25) is 0 Å². The van der Waals surface area contributed by atoms with E-state index >= 15 is 0 Å². The summed E-state index contributed by atoms with van der Waals surface area (Å²) in [6.45, 7) is 1.96. The second-order valence-electron chi connectivity index (χ2n) is 4.68. The van der Waals surface area contributed by atoms with Crippen molar-refractivity contribution in [1.29, 1.82) is 0 Å². The minimum absolute atomic E-state index is 0.973. The highest BCUT2D eigenvalue weighted by Crippen LogP contribution is 2.09. The first kappa shape index (κ1) is 12.4. The van der Waals surface area contributed by atoms with Crippen LogP contribution in [0.25, 0.3) is 22.1 Å². The molecule has 0 saturated heterocycles. The van der Waals surface area contributed by atoms with Crippen LogP contribution < -0.4 is 0 Å². The molecule has 100 valence electrons. The lowest BCUT2D eigenvalue weighted by Crippen LogP contribution is -1.81. The first-order valence-electron chi connectivity index (χ1n) is 6.51. The number of hydrogen-bond donors (Lipinski definition) is 1. The van der Waals surface area contributed by atoms with Gasteiger partial charge >= 0.3 is 0 Å². The maximum Gasteiger partial charge on any atom is 0.104 e. The largest absolute Gasteiger partial charge is 0.342 e. The maximum atomic E-state index is 4.26. The summed E-state index contributed by atoms with van der Waals surface area (Å²) < 4.78 is 2.01. The molecule has 4 aromatic rings. The van der Waals surface area contributed by atoms with Crippen molar-refractivity contribution in [2.75, 3.05) is 0 Å². The average molecular weight is 264 g/mol. The molecule has 0 amide bonds. The van der Waals surface area contributed by atoms with E-state index in [0.29, 0.717) is 0 Å². The fourth-order valence-corrected chi connectivity index (χ4v) is 2.16. The number of nitrogens with one attached hydrogen (secondary N) is 1. The Morgan fingerprint density at radius 3 is 2.40 bits per heavy atom. The summed E-state index contributed by atoms with van der Waals surface area (Å²) in [5.74, 6) is 0.973. The molecule has 0 saturated carbocycles. The number of nitrogens with zero attached hydrogens (tertiary/aromatic N) is 3. The van der Waals surface area contributed by atoms with Crippen molar-refractivity contribution in [2.45, 2.75) is 6.92 Å². The van der Waals surface area contributed by atoms with Gasteiger partial charge in [0.1, 0.15) is 5.82 Å². The highest BCUT2D eigenvalue weighted by atomic mass is 15.0.